The summed E-state index contributed by atoms with van der Waals surface area (Å²) in [6.07, 6.45) is 2.03. The summed E-state index contributed by atoms with van der Waals surface area (Å²) in [6.45, 7) is 0.404. The predicted molar refractivity (Wildman–Crippen MR) is 93.2 cm³/mol. The van der Waals surface area contributed by atoms with Crippen LogP contribution >= 0.6 is 0 Å². The third-order valence-corrected chi connectivity index (χ3v) is 3.90. The normalized spacial score (nSPS) is 12.9. The molecule has 0 bridgehead atoms. The zero-order valence-corrected chi connectivity index (χ0v) is 13.7. The quantitative estimate of drug-likeness (QED) is 0.790. The molecule has 0 spiro atoms. The van der Waals surface area contributed by atoms with Gasteiger partial charge in [-0.2, -0.15) is 0 Å². The highest BCUT2D eigenvalue weighted by atomic mass is 19.1. The van der Waals surface area contributed by atoms with Gasteiger partial charge in [-0.1, -0.05) is 6.07 Å². The van der Waals surface area contributed by atoms with Gasteiger partial charge < -0.3 is 15.4 Å². The third-order valence-electron chi connectivity index (χ3n) is 3.90. The van der Waals surface area contributed by atoms with E-state index in [2.05, 4.69) is 10.6 Å². The van der Waals surface area contributed by atoms with Crippen LogP contribution in [0.4, 0.5) is 15.8 Å². The van der Waals surface area contributed by atoms with Crippen molar-refractivity contribution < 1.29 is 18.7 Å². The Morgan fingerprint density at radius 2 is 2.08 bits per heavy atom. The van der Waals surface area contributed by atoms with E-state index in [1.165, 1.54) is 12.1 Å². The number of hydrogen-bond acceptors (Lipinski definition) is 3. The number of halogens is 1. The van der Waals surface area contributed by atoms with Crippen LogP contribution in [0.1, 0.15) is 24.8 Å². The highest BCUT2D eigenvalue weighted by molar-refractivity contribution is 5.94. The van der Waals surface area contributed by atoms with E-state index in [9.17, 15) is 14.0 Å². The van der Waals surface area contributed by atoms with Crippen LogP contribution in [0.2, 0.25) is 0 Å². The van der Waals surface area contributed by atoms with Crippen LogP contribution in [0.3, 0.4) is 0 Å². The lowest BCUT2D eigenvalue weighted by atomic mass is 10.0. The van der Waals surface area contributed by atoms with Crippen molar-refractivity contribution in [2.75, 3.05) is 17.2 Å². The number of carbonyl (C=O) groups excluding carboxylic acids is 2. The Kier molecular flexibility index (Phi) is 5.28. The summed E-state index contributed by atoms with van der Waals surface area (Å²) < 4.78 is 18.7. The molecule has 1 heterocycles. The zero-order valence-electron chi connectivity index (χ0n) is 13.7. The van der Waals surface area contributed by atoms with Crippen LogP contribution < -0.4 is 15.4 Å². The van der Waals surface area contributed by atoms with Crippen LogP contribution in [0.15, 0.2) is 42.5 Å². The molecule has 2 amide bonds. The number of amides is 2. The van der Waals surface area contributed by atoms with Crippen molar-refractivity contribution in [3.05, 3.63) is 53.8 Å². The Morgan fingerprint density at radius 3 is 2.92 bits per heavy atom. The maximum absolute atomic E-state index is 13.1. The van der Waals surface area contributed by atoms with Crippen molar-refractivity contribution in [3.63, 3.8) is 0 Å². The second-order valence-electron chi connectivity index (χ2n) is 5.88. The Labute approximate surface area is 145 Å². The fourth-order valence-electron chi connectivity index (χ4n) is 2.66. The van der Waals surface area contributed by atoms with E-state index in [4.69, 9.17) is 4.74 Å². The summed E-state index contributed by atoms with van der Waals surface area (Å²) in [5.41, 5.74) is 2.33. The number of aryl methyl sites for hydroxylation is 1. The first-order valence-corrected chi connectivity index (χ1v) is 8.21. The van der Waals surface area contributed by atoms with Crippen molar-refractivity contribution >= 4 is 23.2 Å². The number of nitrogens with one attached hydrogen (secondary N) is 2. The molecule has 0 fully saturated rings. The highest BCUT2D eigenvalue weighted by Gasteiger charge is 2.15. The number of benzene rings is 2. The molecule has 0 radical (unpaired) electrons. The number of rotatable bonds is 6. The lowest BCUT2D eigenvalue weighted by Crippen LogP contribution is -2.18. The third kappa shape index (κ3) is 4.79. The van der Waals surface area contributed by atoms with Gasteiger partial charge in [0.15, 0.2) is 0 Å². The molecule has 2 N–H and O–H groups in total. The Balaban J connectivity index is 1.42. The van der Waals surface area contributed by atoms with Crippen LogP contribution in [0, 0.1) is 5.82 Å². The second kappa shape index (κ2) is 7.79. The molecule has 1 aliphatic rings. The molecule has 0 aliphatic carbocycles. The fraction of sp³-hybridized carbons (Fsp3) is 0.263. The van der Waals surface area contributed by atoms with Gasteiger partial charge in [0, 0.05) is 24.2 Å². The summed E-state index contributed by atoms with van der Waals surface area (Å²) in [5.74, 6) is 0.193. The molecule has 2 aromatic carbocycles. The molecular weight excluding hydrogens is 323 g/mol. The van der Waals surface area contributed by atoms with Gasteiger partial charge in [0.25, 0.3) is 0 Å². The number of carbonyl (C=O) groups is 2. The minimum absolute atomic E-state index is 0.0329. The van der Waals surface area contributed by atoms with Crippen LogP contribution in [0.5, 0.6) is 5.75 Å². The van der Waals surface area contributed by atoms with E-state index >= 15 is 0 Å². The molecule has 0 aromatic heterocycles. The lowest BCUT2D eigenvalue weighted by molar-refractivity contribution is -0.117. The molecule has 2 aromatic rings. The van der Waals surface area contributed by atoms with Gasteiger partial charge in [-0.15, -0.1) is 0 Å². The monoisotopic (exact) mass is 342 g/mol. The topological polar surface area (TPSA) is 67.4 Å². The first-order valence-electron chi connectivity index (χ1n) is 8.21. The Morgan fingerprint density at radius 1 is 1.20 bits per heavy atom. The maximum atomic E-state index is 13.1. The summed E-state index contributed by atoms with van der Waals surface area (Å²) in [6, 6.07) is 11.3. The van der Waals surface area contributed by atoms with E-state index in [1.807, 2.05) is 12.1 Å². The molecule has 130 valence electrons. The van der Waals surface area contributed by atoms with Gasteiger partial charge in [-0.3, -0.25) is 9.59 Å². The molecule has 25 heavy (non-hydrogen) atoms. The fourth-order valence-corrected chi connectivity index (χ4v) is 2.66. The average Bonchev–Trinajstić information content (AvgIpc) is 2.59. The van der Waals surface area contributed by atoms with Gasteiger partial charge in [0.1, 0.15) is 11.6 Å². The highest BCUT2D eigenvalue weighted by Crippen LogP contribution is 2.26. The molecular formula is C19H19FN2O3. The number of ether oxygens (including phenoxy) is 1. The predicted octanol–water partition coefficient (Wildman–Crippen LogP) is 3.51. The number of anilines is 2. The van der Waals surface area contributed by atoms with Crippen LogP contribution in [-0.4, -0.2) is 18.4 Å². The van der Waals surface area contributed by atoms with Gasteiger partial charge in [0.2, 0.25) is 11.8 Å². The Bertz CT molecular complexity index is 792. The van der Waals surface area contributed by atoms with Gasteiger partial charge >= 0.3 is 0 Å². The van der Waals surface area contributed by atoms with E-state index in [0.29, 0.717) is 31.6 Å². The zero-order chi connectivity index (χ0) is 17.6. The molecule has 5 nitrogen and oxygen atoms in total. The number of hydrogen-bond donors (Lipinski definition) is 2. The van der Waals surface area contributed by atoms with E-state index in [-0.39, 0.29) is 24.1 Å². The lowest BCUT2D eigenvalue weighted by Gasteiger charge is -2.17. The van der Waals surface area contributed by atoms with Gasteiger partial charge in [0.05, 0.1) is 6.61 Å². The molecule has 0 saturated heterocycles. The van der Waals surface area contributed by atoms with Crippen LogP contribution in [-0.2, 0) is 16.0 Å². The second-order valence-corrected chi connectivity index (χ2v) is 5.88. The first-order chi connectivity index (χ1) is 12.1. The molecule has 0 unspecified atom stereocenters. The molecule has 0 saturated carbocycles. The summed E-state index contributed by atoms with van der Waals surface area (Å²) in [5, 5.41) is 5.47. The van der Waals surface area contributed by atoms with Crippen LogP contribution in [0.25, 0.3) is 0 Å². The minimum Gasteiger partial charge on any atom is -0.494 e. The van der Waals surface area contributed by atoms with E-state index in [0.717, 1.165) is 17.0 Å². The molecule has 1 aliphatic heterocycles. The van der Waals surface area contributed by atoms with Crippen molar-refractivity contribution in [3.8, 4) is 5.75 Å². The SMILES string of the molecule is O=C(CCCOc1ccc2c(c1)CCC(=O)N2)Nc1cccc(F)c1. The molecule has 3 rings (SSSR count). The first kappa shape index (κ1) is 17.0. The largest absolute Gasteiger partial charge is 0.494 e. The average molecular weight is 342 g/mol. The number of fused-ring (bicyclic) bond motifs is 1. The summed E-state index contributed by atoms with van der Waals surface area (Å²) in [7, 11) is 0. The van der Waals surface area contributed by atoms with Crippen molar-refractivity contribution in [1.29, 1.82) is 0 Å². The Hall–Kier alpha value is -2.89. The summed E-state index contributed by atoms with van der Waals surface area (Å²) in [4.78, 5) is 23.2. The standard InChI is InChI=1S/C19H19FN2O3/c20-14-3-1-4-15(12-14)21-18(23)5-2-10-25-16-7-8-17-13(11-16)6-9-19(24)22-17/h1,3-4,7-8,11-12H,2,5-6,9-10H2,(H,21,23)(H,22,24). The van der Waals surface area contributed by atoms with Crippen molar-refractivity contribution in [2.24, 2.45) is 0 Å². The van der Waals surface area contributed by atoms with E-state index < -0.39 is 0 Å². The maximum Gasteiger partial charge on any atom is 0.224 e. The van der Waals surface area contributed by atoms with Crippen molar-refractivity contribution in [1.82, 2.24) is 0 Å². The van der Waals surface area contributed by atoms with Gasteiger partial charge in [-0.05, 0) is 54.8 Å². The molecule has 0 atom stereocenters. The van der Waals surface area contributed by atoms with E-state index in [1.54, 1.807) is 18.2 Å². The van der Waals surface area contributed by atoms with Gasteiger partial charge in [-0.25, -0.2) is 4.39 Å². The molecule has 6 heteroatoms. The minimum atomic E-state index is -0.385. The smallest absolute Gasteiger partial charge is 0.224 e. The summed E-state index contributed by atoms with van der Waals surface area (Å²) >= 11 is 0. The van der Waals surface area contributed by atoms with Crippen molar-refractivity contribution in [2.45, 2.75) is 25.7 Å².